The van der Waals surface area contributed by atoms with Crippen molar-refractivity contribution in [3.63, 3.8) is 0 Å². The summed E-state index contributed by atoms with van der Waals surface area (Å²) in [7, 11) is -0.368. The number of hydrogen-bond donors (Lipinski definition) is 0. The summed E-state index contributed by atoms with van der Waals surface area (Å²) in [6.45, 7) is 7.25. The Bertz CT molecular complexity index is 342. The molecule has 1 atom stereocenters. The molecule has 0 radical (unpaired) electrons. The highest BCUT2D eigenvalue weighted by Gasteiger charge is 2.18. The van der Waals surface area contributed by atoms with E-state index >= 15 is 0 Å². The zero-order chi connectivity index (χ0) is 17.6. The minimum atomic E-state index is -2.01. The third kappa shape index (κ3) is 11.8. The van der Waals surface area contributed by atoms with Gasteiger partial charge in [-0.25, -0.2) is 0 Å². The summed E-state index contributed by atoms with van der Waals surface area (Å²) < 4.78 is 16.4. The summed E-state index contributed by atoms with van der Waals surface area (Å²) in [4.78, 5) is 11.6. The molecule has 0 saturated carbocycles. The third-order valence-corrected chi connectivity index (χ3v) is 6.75. The lowest BCUT2D eigenvalue weighted by Crippen LogP contribution is -2.09. The van der Waals surface area contributed by atoms with Gasteiger partial charge in [-0.05, 0) is 6.42 Å². The van der Waals surface area contributed by atoms with Gasteiger partial charge in [-0.2, -0.15) is 0 Å². The molecule has 0 spiro atoms. The molecule has 0 aliphatic heterocycles. The van der Waals surface area contributed by atoms with Gasteiger partial charge in [0.05, 0.1) is 13.2 Å². The molecular weight excluding hydrogens is 311 g/mol. The van der Waals surface area contributed by atoms with Crippen LogP contribution in [-0.2, 0) is 18.6 Å². The molecule has 23 heavy (non-hydrogen) atoms. The fourth-order valence-electron chi connectivity index (χ4n) is 2.18. The van der Waals surface area contributed by atoms with Crippen molar-refractivity contribution in [1.82, 2.24) is 0 Å². The Hall–Kier alpha value is -0.310. The summed E-state index contributed by atoms with van der Waals surface area (Å²) in [5.74, 6) is -0.0927. The molecule has 1 unspecified atom stereocenters. The number of hydrogen-bond acceptors (Lipinski definition) is 4. The van der Waals surface area contributed by atoms with Crippen LogP contribution in [0, 0.1) is 0 Å². The summed E-state index contributed by atoms with van der Waals surface area (Å²) in [5.41, 5.74) is 0.271. The Morgan fingerprint density at radius 3 is 2.17 bits per heavy atom. The lowest BCUT2D eigenvalue weighted by atomic mass is 10.1. The highest BCUT2D eigenvalue weighted by atomic mass is 31.2. The number of unbranched alkanes of at least 4 members (excludes halogenated alkanes) is 6. The Morgan fingerprint density at radius 1 is 1.00 bits per heavy atom. The first-order valence-corrected chi connectivity index (χ1v) is 10.9. The molecule has 0 aromatic carbocycles. The zero-order valence-electron chi connectivity index (χ0n) is 15.6. The quantitative estimate of drug-likeness (QED) is 0.225. The van der Waals surface area contributed by atoms with Gasteiger partial charge in [-0.15, -0.1) is 0 Å². The normalized spacial score (nSPS) is 14.0. The van der Waals surface area contributed by atoms with Gasteiger partial charge in [0.2, 0.25) is 0 Å². The molecule has 5 heteroatoms. The van der Waals surface area contributed by atoms with Crippen LogP contribution < -0.4 is 0 Å². The molecule has 0 aliphatic carbocycles. The van der Waals surface area contributed by atoms with E-state index in [0.29, 0.717) is 26.1 Å². The van der Waals surface area contributed by atoms with Gasteiger partial charge in [-0.1, -0.05) is 65.6 Å². The smallest absolute Gasteiger partial charge is 0.305 e. The number of ether oxygens (including phenoxy) is 1. The van der Waals surface area contributed by atoms with Gasteiger partial charge >= 0.3 is 5.97 Å². The molecule has 0 saturated heterocycles. The minimum Gasteiger partial charge on any atom is -0.466 e. The molecule has 4 nitrogen and oxygen atoms in total. The largest absolute Gasteiger partial charge is 0.466 e. The SMILES string of the molecule is C=P(OC)(OCCCOC(=O)CCCCCCCCC)C(C)C. The number of rotatable bonds is 15. The van der Waals surface area contributed by atoms with Gasteiger partial charge in [0.25, 0.3) is 0 Å². The second-order valence-corrected chi connectivity index (χ2v) is 9.39. The van der Waals surface area contributed by atoms with E-state index in [2.05, 4.69) is 13.2 Å². The van der Waals surface area contributed by atoms with Crippen LogP contribution in [0.5, 0.6) is 0 Å². The maximum atomic E-state index is 11.6. The van der Waals surface area contributed by atoms with Crippen LogP contribution in [0.25, 0.3) is 0 Å². The van der Waals surface area contributed by atoms with Crippen LogP contribution in [0.3, 0.4) is 0 Å². The number of esters is 1. The highest BCUT2D eigenvalue weighted by molar-refractivity contribution is 7.65. The van der Waals surface area contributed by atoms with Crippen LogP contribution in [0.2, 0.25) is 0 Å². The van der Waals surface area contributed by atoms with E-state index in [0.717, 1.165) is 12.8 Å². The van der Waals surface area contributed by atoms with Crippen molar-refractivity contribution in [3.8, 4) is 0 Å². The molecule has 0 amide bonds. The van der Waals surface area contributed by atoms with Crippen LogP contribution in [0.1, 0.15) is 78.6 Å². The Labute approximate surface area is 143 Å². The first kappa shape index (κ1) is 22.7. The average Bonchev–Trinajstić information content (AvgIpc) is 2.53. The van der Waals surface area contributed by atoms with Gasteiger partial charge in [0, 0.05) is 25.6 Å². The van der Waals surface area contributed by atoms with Gasteiger partial charge in [0.15, 0.2) is 0 Å². The van der Waals surface area contributed by atoms with E-state index in [1.54, 1.807) is 7.11 Å². The summed E-state index contributed by atoms with van der Waals surface area (Å²) in [6, 6.07) is 0. The predicted molar refractivity (Wildman–Crippen MR) is 100 cm³/mol. The summed E-state index contributed by atoms with van der Waals surface area (Å²) in [5, 5.41) is 0. The monoisotopic (exact) mass is 348 g/mol. The van der Waals surface area contributed by atoms with Crippen LogP contribution in [0.15, 0.2) is 0 Å². The van der Waals surface area contributed by atoms with Gasteiger partial charge in [0.1, 0.15) is 7.34 Å². The van der Waals surface area contributed by atoms with Crippen molar-refractivity contribution in [1.29, 1.82) is 0 Å². The maximum absolute atomic E-state index is 11.6. The van der Waals surface area contributed by atoms with Gasteiger partial charge < -0.3 is 13.8 Å². The molecule has 138 valence electrons. The number of carbonyl (C=O) groups is 1. The molecule has 0 heterocycles. The van der Waals surface area contributed by atoms with Gasteiger partial charge in [-0.3, -0.25) is 4.79 Å². The van der Waals surface area contributed by atoms with E-state index < -0.39 is 7.34 Å². The molecule has 0 rings (SSSR count). The third-order valence-electron chi connectivity index (χ3n) is 3.94. The van der Waals surface area contributed by atoms with Crippen molar-refractivity contribution in [2.24, 2.45) is 0 Å². The average molecular weight is 348 g/mol. The van der Waals surface area contributed by atoms with Crippen molar-refractivity contribution in [2.45, 2.75) is 84.2 Å². The number of carbonyl (C=O) groups excluding carboxylic acids is 1. The van der Waals surface area contributed by atoms with Crippen molar-refractivity contribution in [2.75, 3.05) is 20.3 Å². The Balaban J connectivity index is 3.52. The molecular formula is C18H37O4P. The van der Waals surface area contributed by atoms with E-state index in [1.165, 1.54) is 32.1 Å². The Morgan fingerprint density at radius 2 is 1.61 bits per heavy atom. The zero-order valence-corrected chi connectivity index (χ0v) is 16.5. The maximum Gasteiger partial charge on any atom is 0.305 e. The summed E-state index contributed by atoms with van der Waals surface area (Å²) in [6.07, 6.45) is 13.8. The first-order chi connectivity index (χ1) is 11.0. The topological polar surface area (TPSA) is 44.8 Å². The standard InChI is InChI=1S/C18H37O4P/c1-6-7-8-9-10-11-12-14-18(19)21-15-13-16-22-23(5,20-4)17(2)3/h17H,5-16H2,1-4H3. The second kappa shape index (κ2) is 14.1. The van der Waals surface area contributed by atoms with E-state index in [4.69, 9.17) is 13.8 Å². The van der Waals surface area contributed by atoms with Crippen LogP contribution in [-0.4, -0.2) is 38.3 Å². The van der Waals surface area contributed by atoms with Crippen molar-refractivity contribution < 1.29 is 18.6 Å². The molecule has 0 aromatic rings. The van der Waals surface area contributed by atoms with Crippen LogP contribution in [0.4, 0.5) is 0 Å². The predicted octanol–water partition coefficient (Wildman–Crippen LogP) is 5.41. The van der Waals surface area contributed by atoms with E-state index in [1.807, 2.05) is 13.8 Å². The fourth-order valence-corrected chi connectivity index (χ4v) is 3.44. The molecule has 0 aromatic heterocycles. The molecule has 0 N–H and O–H groups in total. The molecule has 0 bridgehead atoms. The molecule has 0 aliphatic rings. The first-order valence-electron chi connectivity index (χ1n) is 9.05. The lowest BCUT2D eigenvalue weighted by Gasteiger charge is -2.26. The highest BCUT2D eigenvalue weighted by Crippen LogP contribution is 2.51. The minimum absolute atomic E-state index is 0.0927. The fraction of sp³-hybridized carbons (Fsp3) is 0.889. The van der Waals surface area contributed by atoms with E-state index in [-0.39, 0.29) is 11.6 Å². The second-order valence-electron chi connectivity index (χ2n) is 6.28. The van der Waals surface area contributed by atoms with Crippen molar-refractivity contribution >= 4 is 19.6 Å². The summed E-state index contributed by atoms with van der Waals surface area (Å²) >= 11 is 0. The molecule has 0 fully saturated rings. The van der Waals surface area contributed by atoms with Crippen LogP contribution >= 0.6 is 7.34 Å². The van der Waals surface area contributed by atoms with Crippen molar-refractivity contribution in [3.05, 3.63) is 0 Å². The Kier molecular flexibility index (Phi) is 13.9. The van der Waals surface area contributed by atoms with E-state index in [9.17, 15) is 4.79 Å². The lowest BCUT2D eigenvalue weighted by molar-refractivity contribution is -0.144.